The van der Waals surface area contributed by atoms with Crippen molar-refractivity contribution < 1.29 is 4.79 Å². The number of carbonyl (C=O) groups is 1. The summed E-state index contributed by atoms with van der Waals surface area (Å²) < 4.78 is 0. The van der Waals surface area contributed by atoms with Crippen molar-refractivity contribution >= 4 is 16.8 Å². The maximum atomic E-state index is 12.7. The molecule has 3 heteroatoms. The first-order chi connectivity index (χ1) is 9.79. The van der Waals surface area contributed by atoms with Gasteiger partial charge in [-0.2, -0.15) is 0 Å². The molecule has 3 rings (SSSR count). The molecular formula is C17H22N2O. The molecule has 2 aromatic rings. The number of benzene rings is 1. The van der Waals surface area contributed by atoms with E-state index in [4.69, 9.17) is 0 Å². The third-order valence-electron chi connectivity index (χ3n) is 4.42. The quantitative estimate of drug-likeness (QED) is 0.904. The zero-order chi connectivity index (χ0) is 13.9. The Labute approximate surface area is 120 Å². The topological polar surface area (TPSA) is 36.1 Å². The van der Waals surface area contributed by atoms with Crippen LogP contribution in [0.15, 0.2) is 30.5 Å². The van der Waals surface area contributed by atoms with Gasteiger partial charge < -0.3 is 9.88 Å². The van der Waals surface area contributed by atoms with Crippen LogP contribution >= 0.6 is 0 Å². The highest BCUT2D eigenvalue weighted by atomic mass is 16.2. The molecule has 2 heterocycles. The van der Waals surface area contributed by atoms with Gasteiger partial charge >= 0.3 is 0 Å². The number of aromatic nitrogens is 1. The summed E-state index contributed by atoms with van der Waals surface area (Å²) in [7, 11) is 0. The Morgan fingerprint density at radius 1 is 1.30 bits per heavy atom. The molecule has 1 amide bonds. The predicted octanol–water partition coefficient (Wildman–Crippen LogP) is 3.82. The molecule has 20 heavy (non-hydrogen) atoms. The Morgan fingerprint density at radius 3 is 2.85 bits per heavy atom. The molecule has 0 bridgehead atoms. The highest BCUT2D eigenvalue weighted by Crippen LogP contribution is 2.25. The summed E-state index contributed by atoms with van der Waals surface area (Å²) in [6.07, 6.45) is 6.76. The molecule has 0 spiro atoms. The number of likely N-dealkylation sites (tertiary alicyclic amines) is 1. The van der Waals surface area contributed by atoms with E-state index in [0.717, 1.165) is 48.3 Å². The van der Waals surface area contributed by atoms with Crippen LogP contribution in [0.25, 0.3) is 10.9 Å². The fraction of sp³-hybridized carbons (Fsp3) is 0.471. The number of hydrogen-bond donors (Lipinski definition) is 1. The van der Waals surface area contributed by atoms with E-state index in [9.17, 15) is 4.79 Å². The zero-order valence-electron chi connectivity index (χ0n) is 12.1. The first kappa shape index (κ1) is 13.2. The summed E-state index contributed by atoms with van der Waals surface area (Å²) in [5.41, 5.74) is 1.87. The van der Waals surface area contributed by atoms with Gasteiger partial charge in [0.2, 0.25) is 0 Å². The standard InChI is InChI=1S/C17H22N2O/c1-2-4-13-8-11-19(12-9-13)17(20)15-5-3-6-16-14(15)7-10-18-16/h3,5-7,10,13,18H,2,4,8-9,11-12H2,1H3. The summed E-state index contributed by atoms with van der Waals surface area (Å²) >= 11 is 0. The van der Waals surface area contributed by atoms with Crippen molar-refractivity contribution in [2.24, 2.45) is 5.92 Å². The van der Waals surface area contributed by atoms with E-state index in [1.807, 2.05) is 35.4 Å². The Hall–Kier alpha value is -1.77. The van der Waals surface area contributed by atoms with Crippen molar-refractivity contribution in [2.75, 3.05) is 13.1 Å². The van der Waals surface area contributed by atoms with Crippen molar-refractivity contribution in [1.29, 1.82) is 0 Å². The number of amides is 1. The fourth-order valence-electron chi connectivity index (χ4n) is 3.28. The number of H-pyrrole nitrogens is 1. The third-order valence-corrected chi connectivity index (χ3v) is 4.42. The summed E-state index contributed by atoms with van der Waals surface area (Å²) in [6, 6.07) is 7.90. The molecule has 1 N–H and O–H groups in total. The fourth-order valence-corrected chi connectivity index (χ4v) is 3.28. The lowest BCUT2D eigenvalue weighted by molar-refractivity contribution is 0.0688. The molecule has 1 aromatic carbocycles. The molecule has 1 saturated heterocycles. The highest BCUT2D eigenvalue weighted by Gasteiger charge is 2.24. The van der Waals surface area contributed by atoms with E-state index in [-0.39, 0.29) is 5.91 Å². The predicted molar refractivity (Wildman–Crippen MR) is 81.8 cm³/mol. The van der Waals surface area contributed by atoms with Crippen molar-refractivity contribution in [1.82, 2.24) is 9.88 Å². The average molecular weight is 270 g/mol. The first-order valence-electron chi connectivity index (χ1n) is 7.65. The number of hydrogen-bond acceptors (Lipinski definition) is 1. The average Bonchev–Trinajstić information content (AvgIpc) is 2.96. The zero-order valence-corrected chi connectivity index (χ0v) is 12.1. The summed E-state index contributed by atoms with van der Waals surface area (Å²) in [5.74, 6) is 0.997. The van der Waals surface area contributed by atoms with Crippen LogP contribution in [0.2, 0.25) is 0 Å². The first-order valence-corrected chi connectivity index (χ1v) is 7.65. The van der Waals surface area contributed by atoms with E-state index in [1.54, 1.807) is 0 Å². The molecule has 1 aromatic heterocycles. The molecule has 1 aliphatic rings. The number of nitrogens with one attached hydrogen (secondary N) is 1. The Balaban J connectivity index is 1.75. The van der Waals surface area contributed by atoms with Gasteiger partial charge in [0.05, 0.1) is 0 Å². The maximum Gasteiger partial charge on any atom is 0.254 e. The van der Waals surface area contributed by atoms with Crippen molar-refractivity contribution in [3.63, 3.8) is 0 Å². The lowest BCUT2D eigenvalue weighted by Crippen LogP contribution is -2.38. The largest absolute Gasteiger partial charge is 0.361 e. The molecule has 3 nitrogen and oxygen atoms in total. The smallest absolute Gasteiger partial charge is 0.254 e. The highest BCUT2D eigenvalue weighted by molar-refractivity contribution is 6.06. The molecule has 0 aliphatic carbocycles. The van der Waals surface area contributed by atoms with Crippen LogP contribution in [0.5, 0.6) is 0 Å². The van der Waals surface area contributed by atoms with Gasteiger partial charge in [0, 0.05) is 35.8 Å². The van der Waals surface area contributed by atoms with Gasteiger partial charge in [-0.1, -0.05) is 25.8 Å². The van der Waals surface area contributed by atoms with E-state index < -0.39 is 0 Å². The second-order valence-electron chi connectivity index (χ2n) is 5.77. The number of fused-ring (bicyclic) bond motifs is 1. The van der Waals surface area contributed by atoms with Crippen LogP contribution in [0.1, 0.15) is 43.0 Å². The van der Waals surface area contributed by atoms with E-state index >= 15 is 0 Å². The lowest BCUT2D eigenvalue weighted by atomic mass is 9.92. The van der Waals surface area contributed by atoms with Gasteiger partial charge in [0.25, 0.3) is 5.91 Å². The van der Waals surface area contributed by atoms with Crippen molar-refractivity contribution in [3.8, 4) is 0 Å². The third kappa shape index (κ3) is 2.45. The molecule has 106 valence electrons. The van der Waals surface area contributed by atoms with Gasteiger partial charge in [-0.3, -0.25) is 4.79 Å². The normalized spacial score (nSPS) is 16.8. The molecule has 0 saturated carbocycles. The minimum absolute atomic E-state index is 0.185. The SMILES string of the molecule is CCCC1CCN(C(=O)c2cccc3[nH]ccc23)CC1. The van der Waals surface area contributed by atoms with E-state index in [0.29, 0.717) is 0 Å². The Bertz CT molecular complexity index is 594. The van der Waals surface area contributed by atoms with E-state index in [2.05, 4.69) is 11.9 Å². The van der Waals surface area contributed by atoms with Gasteiger partial charge in [-0.25, -0.2) is 0 Å². The van der Waals surface area contributed by atoms with Gasteiger partial charge in [-0.05, 0) is 37.0 Å². The monoisotopic (exact) mass is 270 g/mol. The second-order valence-corrected chi connectivity index (χ2v) is 5.77. The second kappa shape index (κ2) is 5.70. The van der Waals surface area contributed by atoms with Crippen LogP contribution in [-0.2, 0) is 0 Å². The molecule has 0 radical (unpaired) electrons. The van der Waals surface area contributed by atoms with Gasteiger partial charge in [-0.15, -0.1) is 0 Å². The minimum Gasteiger partial charge on any atom is -0.361 e. The van der Waals surface area contributed by atoms with Crippen LogP contribution < -0.4 is 0 Å². The molecule has 1 fully saturated rings. The number of nitrogens with zero attached hydrogens (tertiary/aromatic N) is 1. The number of piperidine rings is 1. The number of aromatic amines is 1. The summed E-state index contributed by atoms with van der Waals surface area (Å²) in [5, 5.41) is 1.04. The number of rotatable bonds is 3. The Morgan fingerprint density at radius 2 is 2.10 bits per heavy atom. The van der Waals surface area contributed by atoms with Crippen molar-refractivity contribution in [3.05, 3.63) is 36.0 Å². The molecular weight excluding hydrogens is 248 g/mol. The lowest BCUT2D eigenvalue weighted by Gasteiger charge is -2.32. The molecule has 0 atom stereocenters. The van der Waals surface area contributed by atoms with E-state index in [1.165, 1.54) is 12.8 Å². The molecule has 1 aliphatic heterocycles. The van der Waals surface area contributed by atoms with Gasteiger partial charge in [0.15, 0.2) is 0 Å². The number of carbonyl (C=O) groups excluding carboxylic acids is 1. The summed E-state index contributed by atoms with van der Waals surface area (Å²) in [4.78, 5) is 17.9. The van der Waals surface area contributed by atoms with Crippen LogP contribution in [0.4, 0.5) is 0 Å². The maximum absolute atomic E-state index is 12.7. The minimum atomic E-state index is 0.185. The van der Waals surface area contributed by atoms with Gasteiger partial charge in [0.1, 0.15) is 0 Å². The van der Waals surface area contributed by atoms with Crippen LogP contribution in [0.3, 0.4) is 0 Å². The van der Waals surface area contributed by atoms with Crippen LogP contribution in [0, 0.1) is 5.92 Å². The van der Waals surface area contributed by atoms with Crippen LogP contribution in [-0.4, -0.2) is 28.9 Å². The summed E-state index contributed by atoms with van der Waals surface area (Å²) in [6.45, 7) is 4.05. The van der Waals surface area contributed by atoms with Crippen molar-refractivity contribution in [2.45, 2.75) is 32.6 Å². The Kier molecular flexibility index (Phi) is 3.77. The molecule has 0 unspecified atom stereocenters.